The van der Waals surface area contributed by atoms with Crippen molar-refractivity contribution in [1.82, 2.24) is 15.5 Å². The van der Waals surface area contributed by atoms with Crippen LogP contribution >= 0.6 is 0 Å². The highest BCUT2D eigenvalue weighted by Crippen LogP contribution is 2.18. The smallest absolute Gasteiger partial charge is 0.321 e. The van der Waals surface area contributed by atoms with Gasteiger partial charge in [-0.3, -0.25) is 15.0 Å². The SMILES string of the molecule is NCCN(CC(=O)NC(=O)NC1CC1)Cc1ccccc1. The van der Waals surface area contributed by atoms with Gasteiger partial charge in [-0.1, -0.05) is 30.3 Å². The van der Waals surface area contributed by atoms with Crippen molar-refractivity contribution >= 4 is 11.9 Å². The third kappa shape index (κ3) is 5.93. The number of imide groups is 1. The Balaban J connectivity index is 1.80. The number of amides is 3. The third-order valence-corrected chi connectivity index (χ3v) is 3.23. The fraction of sp³-hybridized carbons (Fsp3) is 0.467. The van der Waals surface area contributed by atoms with Crippen LogP contribution in [0.15, 0.2) is 30.3 Å². The molecular weight excluding hydrogens is 268 g/mol. The van der Waals surface area contributed by atoms with Gasteiger partial charge in [-0.25, -0.2) is 4.79 Å². The van der Waals surface area contributed by atoms with Crippen LogP contribution in [0.3, 0.4) is 0 Å². The minimum absolute atomic E-state index is 0.157. The van der Waals surface area contributed by atoms with Gasteiger partial charge in [0.2, 0.25) is 5.91 Å². The third-order valence-electron chi connectivity index (χ3n) is 3.23. The Morgan fingerprint density at radius 1 is 1.24 bits per heavy atom. The van der Waals surface area contributed by atoms with E-state index in [1.165, 1.54) is 0 Å². The highest BCUT2D eigenvalue weighted by molar-refractivity contribution is 5.95. The van der Waals surface area contributed by atoms with Gasteiger partial charge < -0.3 is 11.1 Å². The summed E-state index contributed by atoms with van der Waals surface area (Å²) in [7, 11) is 0. The second-order valence-corrected chi connectivity index (χ2v) is 5.28. The van der Waals surface area contributed by atoms with E-state index in [2.05, 4.69) is 10.6 Å². The first-order valence-electron chi connectivity index (χ1n) is 7.24. The Hall–Kier alpha value is -1.92. The Kier molecular flexibility index (Phi) is 5.71. The molecule has 4 N–H and O–H groups in total. The largest absolute Gasteiger partial charge is 0.335 e. The molecule has 1 aromatic rings. The average Bonchev–Trinajstić information content (AvgIpc) is 3.23. The predicted octanol–water partition coefficient (Wildman–Crippen LogP) is 0.435. The predicted molar refractivity (Wildman–Crippen MR) is 80.5 cm³/mol. The van der Waals surface area contributed by atoms with Crippen molar-refractivity contribution < 1.29 is 9.59 Å². The molecule has 0 saturated heterocycles. The minimum atomic E-state index is -0.407. The molecule has 1 aromatic carbocycles. The molecule has 2 rings (SSSR count). The summed E-state index contributed by atoms with van der Waals surface area (Å²) in [6, 6.07) is 9.70. The molecule has 114 valence electrons. The van der Waals surface area contributed by atoms with Crippen molar-refractivity contribution in [3.63, 3.8) is 0 Å². The van der Waals surface area contributed by atoms with Crippen LogP contribution in [0.5, 0.6) is 0 Å². The highest BCUT2D eigenvalue weighted by atomic mass is 16.2. The molecule has 21 heavy (non-hydrogen) atoms. The molecule has 6 nitrogen and oxygen atoms in total. The molecule has 0 aliphatic heterocycles. The molecule has 0 heterocycles. The lowest BCUT2D eigenvalue weighted by atomic mass is 10.2. The second-order valence-electron chi connectivity index (χ2n) is 5.28. The summed E-state index contributed by atoms with van der Waals surface area (Å²) in [5.74, 6) is -0.308. The Morgan fingerprint density at radius 2 is 1.95 bits per heavy atom. The standard InChI is InChI=1S/C15H22N4O2/c16-8-9-19(10-12-4-2-1-3-5-12)11-14(20)18-15(21)17-13-6-7-13/h1-5,13H,6-11,16H2,(H2,17,18,20,21). The zero-order valence-electron chi connectivity index (χ0n) is 12.0. The number of carbonyl (C=O) groups is 2. The second kappa shape index (κ2) is 7.75. The van der Waals surface area contributed by atoms with E-state index in [0.717, 1.165) is 18.4 Å². The summed E-state index contributed by atoms with van der Waals surface area (Å²) in [4.78, 5) is 25.3. The summed E-state index contributed by atoms with van der Waals surface area (Å²) in [5.41, 5.74) is 6.69. The molecule has 0 bridgehead atoms. The Morgan fingerprint density at radius 3 is 2.57 bits per heavy atom. The number of nitrogens with zero attached hydrogens (tertiary/aromatic N) is 1. The van der Waals surface area contributed by atoms with Crippen LogP contribution in [-0.2, 0) is 11.3 Å². The van der Waals surface area contributed by atoms with Gasteiger partial charge in [0.05, 0.1) is 6.54 Å². The Bertz CT molecular complexity index is 474. The van der Waals surface area contributed by atoms with E-state index in [4.69, 9.17) is 5.73 Å². The van der Waals surface area contributed by atoms with Gasteiger partial charge in [0, 0.05) is 25.7 Å². The number of nitrogens with two attached hydrogens (primary N) is 1. The van der Waals surface area contributed by atoms with Gasteiger partial charge in [-0.15, -0.1) is 0 Å². The van der Waals surface area contributed by atoms with Crippen LogP contribution in [0.4, 0.5) is 4.79 Å². The van der Waals surface area contributed by atoms with E-state index in [1.54, 1.807) is 0 Å². The zero-order chi connectivity index (χ0) is 15.1. The quantitative estimate of drug-likeness (QED) is 0.680. The number of carbonyl (C=O) groups excluding carboxylic acids is 2. The van der Waals surface area contributed by atoms with E-state index in [9.17, 15) is 9.59 Å². The fourth-order valence-corrected chi connectivity index (χ4v) is 2.06. The molecule has 0 radical (unpaired) electrons. The summed E-state index contributed by atoms with van der Waals surface area (Å²) in [6.45, 7) is 1.86. The van der Waals surface area contributed by atoms with Gasteiger partial charge in [-0.05, 0) is 18.4 Å². The number of benzene rings is 1. The molecule has 1 aliphatic rings. The summed E-state index contributed by atoms with van der Waals surface area (Å²) >= 11 is 0. The van der Waals surface area contributed by atoms with Crippen molar-refractivity contribution in [3.8, 4) is 0 Å². The van der Waals surface area contributed by atoms with Crippen LogP contribution in [0.25, 0.3) is 0 Å². The maximum atomic E-state index is 11.9. The summed E-state index contributed by atoms with van der Waals surface area (Å²) in [6.07, 6.45) is 1.99. The lowest BCUT2D eigenvalue weighted by Crippen LogP contribution is -2.45. The van der Waals surface area contributed by atoms with E-state index < -0.39 is 6.03 Å². The molecule has 1 aliphatic carbocycles. The minimum Gasteiger partial charge on any atom is -0.335 e. The topological polar surface area (TPSA) is 87.5 Å². The van der Waals surface area contributed by atoms with Crippen molar-refractivity contribution in [3.05, 3.63) is 35.9 Å². The van der Waals surface area contributed by atoms with Crippen molar-refractivity contribution in [1.29, 1.82) is 0 Å². The van der Waals surface area contributed by atoms with E-state index in [1.807, 2.05) is 35.2 Å². The van der Waals surface area contributed by atoms with Crippen molar-refractivity contribution in [2.75, 3.05) is 19.6 Å². The van der Waals surface area contributed by atoms with Gasteiger partial charge in [0.25, 0.3) is 0 Å². The maximum Gasteiger partial charge on any atom is 0.321 e. The molecule has 1 fully saturated rings. The van der Waals surface area contributed by atoms with Gasteiger partial charge in [0.1, 0.15) is 0 Å². The van der Waals surface area contributed by atoms with E-state index >= 15 is 0 Å². The van der Waals surface area contributed by atoms with Crippen LogP contribution in [0, 0.1) is 0 Å². The first kappa shape index (κ1) is 15.5. The Labute approximate surface area is 124 Å². The zero-order valence-corrected chi connectivity index (χ0v) is 12.0. The summed E-state index contributed by atoms with van der Waals surface area (Å²) < 4.78 is 0. The van der Waals surface area contributed by atoms with Crippen LogP contribution in [0.2, 0.25) is 0 Å². The normalized spacial score (nSPS) is 14.0. The first-order valence-corrected chi connectivity index (χ1v) is 7.24. The summed E-state index contributed by atoms with van der Waals surface area (Å²) in [5, 5.41) is 5.08. The fourth-order valence-electron chi connectivity index (χ4n) is 2.06. The number of urea groups is 1. The number of hydrogen-bond donors (Lipinski definition) is 3. The lowest BCUT2D eigenvalue weighted by Gasteiger charge is -2.20. The van der Waals surface area contributed by atoms with Crippen LogP contribution < -0.4 is 16.4 Å². The molecular formula is C15H22N4O2. The highest BCUT2D eigenvalue weighted by Gasteiger charge is 2.24. The molecule has 0 spiro atoms. The molecule has 3 amide bonds. The van der Waals surface area contributed by atoms with Gasteiger partial charge >= 0.3 is 6.03 Å². The first-order chi connectivity index (χ1) is 10.2. The lowest BCUT2D eigenvalue weighted by molar-refractivity contribution is -0.121. The van der Waals surface area contributed by atoms with Crippen molar-refractivity contribution in [2.45, 2.75) is 25.4 Å². The van der Waals surface area contributed by atoms with Crippen LogP contribution in [0.1, 0.15) is 18.4 Å². The number of rotatable bonds is 7. The molecule has 6 heteroatoms. The molecule has 0 aromatic heterocycles. The number of hydrogen-bond acceptors (Lipinski definition) is 4. The van der Waals surface area contributed by atoms with Gasteiger partial charge in [0.15, 0.2) is 0 Å². The molecule has 0 atom stereocenters. The van der Waals surface area contributed by atoms with E-state index in [-0.39, 0.29) is 18.5 Å². The number of nitrogens with one attached hydrogen (secondary N) is 2. The monoisotopic (exact) mass is 290 g/mol. The molecule has 1 saturated carbocycles. The molecule has 0 unspecified atom stereocenters. The average molecular weight is 290 g/mol. The van der Waals surface area contributed by atoms with Crippen molar-refractivity contribution in [2.24, 2.45) is 5.73 Å². The van der Waals surface area contributed by atoms with E-state index in [0.29, 0.717) is 19.6 Å². The van der Waals surface area contributed by atoms with Gasteiger partial charge in [-0.2, -0.15) is 0 Å². The van der Waals surface area contributed by atoms with Crippen LogP contribution in [-0.4, -0.2) is 42.5 Å². The maximum absolute atomic E-state index is 11.9.